The van der Waals surface area contributed by atoms with E-state index < -0.39 is 0 Å². The maximum atomic E-state index is 11.1. The fraction of sp³-hybridized carbons (Fsp3) is 0.593. The number of hydrogen-bond donors (Lipinski definition) is 4. The van der Waals surface area contributed by atoms with E-state index in [1.165, 1.54) is 22.3 Å². The second kappa shape index (κ2) is 19.7. The molecule has 4 unspecified atom stereocenters. The zero-order chi connectivity index (χ0) is 46.0. The molecule has 2 saturated carbocycles. The van der Waals surface area contributed by atoms with Gasteiger partial charge in [0.05, 0.1) is 0 Å². The largest absolute Gasteiger partial charge is 0.508 e. The molecule has 4 aromatic carbocycles. The highest BCUT2D eigenvalue weighted by Crippen LogP contribution is 2.63. The van der Waals surface area contributed by atoms with Gasteiger partial charge in [-0.15, -0.1) is 0 Å². The summed E-state index contributed by atoms with van der Waals surface area (Å²) in [7, 11) is 0. The van der Waals surface area contributed by atoms with Gasteiger partial charge in [0.15, 0.2) is 0 Å². The molecule has 4 nitrogen and oxygen atoms in total. The predicted molar refractivity (Wildman–Crippen MR) is 265 cm³/mol. The summed E-state index contributed by atoms with van der Waals surface area (Å²) in [5.41, 5.74) is 9.05. The molecule has 2 fully saturated rings. The van der Waals surface area contributed by atoms with Gasteiger partial charge in [-0.3, -0.25) is 0 Å². The SMILES string of the molecule is CCC(C)c1cc(C2(c3ccc(O)c(C(C)CC)c3)CCC(C(C(C)C)(C(C)C)C3CCC(c4ccc(O)c(C(C)CC)c4)(c4ccc(O)c(C(C)CC)c4)CC3)CC2)ccc1O. The van der Waals surface area contributed by atoms with Crippen LogP contribution in [-0.4, -0.2) is 20.4 Å². The zero-order valence-electron chi connectivity index (χ0n) is 41.3. The Balaban J connectivity index is 1.42. The topological polar surface area (TPSA) is 80.9 Å². The molecule has 0 bridgehead atoms. The van der Waals surface area contributed by atoms with Crippen LogP contribution in [0.3, 0.4) is 0 Å². The van der Waals surface area contributed by atoms with Crippen LogP contribution in [0.25, 0.3) is 0 Å². The summed E-state index contributed by atoms with van der Waals surface area (Å²) in [6.45, 7) is 27.7. The smallest absolute Gasteiger partial charge is 0.119 e. The number of phenols is 4. The first kappa shape index (κ1) is 48.5. The van der Waals surface area contributed by atoms with Crippen molar-refractivity contribution in [3.63, 3.8) is 0 Å². The van der Waals surface area contributed by atoms with E-state index in [0.29, 0.717) is 46.7 Å². The number of aromatic hydroxyl groups is 4. The molecule has 0 aliphatic heterocycles. The fourth-order valence-corrected chi connectivity index (χ4v) is 13.5. The van der Waals surface area contributed by atoms with E-state index in [0.717, 1.165) is 99.3 Å². The minimum atomic E-state index is -0.220. The van der Waals surface area contributed by atoms with Crippen molar-refractivity contribution in [2.45, 2.75) is 195 Å². The van der Waals surface area contributed by atoms with E-state index in [9.17, 15) is 20.4 Å². The van der Waals surface area contributed by atoms with Crippen molar-refractivity contribution < 1.29 is 20.4 Å². The van der Waals surface area contributed by atoms with Crippen LogP contribution < -0.4 is 0 Å². The van der Waals surface area contributed by atoms with E-state index in [2.05, 4.69) is 132 Å². The van der Waals surface area contributed by atoms with Crippen molar-refractivity contribution in [3.8, 4) is 23.0 Å². The van der Waals surface area contributed by atoms with Gasteiger partial charge in [-0.25, -0.2) is 0 Å². The second-order valence-corrected chi connectivity index (χ2v) is 21.4. The van der Waals surface area contributed by atoms with Gasteiger partial charge in [-0.1, -0.05) is 132 Å². The van der Waals surface area contributed by atoms with Gasteiger partial charge in [-0.2, -0.15) is 0 Å². The minimum absolute atomic E-state index is 0.139. The van der Waals surface area contributed by atoms with E-state index in [1.807, 2.05) is 24.3 Å². The van der Waals surface area contributed by atoms with Crippen LogP contribution in [0, 0.1) is 29.1 Å². The van der Waals surface area contributed by atoms with Crippen LogP contribution in [-0.2, 0) is 10.8 Å². The van der Waals surface area contributed by atoms with Crippen LogP contribution in [0.2, 0.25) is 0 Å². The summed E-state index contributed by atoms with van der Waals surface area (Å²) in [5, 5.41) is 44.6. The molecule has 344 valence electrons. The van der Waals surface area contributed by atoms with Gasteiger partial charge < -0.3 is 20.4 Å². The molecule has 0 amide bonds. The van der Waals surface area contributed by atoms with Gasteiger partial charge in [0.2, 0.25) is 0 Å². The highest BCUT2D eigenvalue weighted by molar-refractivity contribution is 5.52. The summed E-state index contributed by atoms with van der Waals surface area (Å²) in [6, 6.07) is 25.9. The Morgan fingerprint density at radius 3 is 0.825 bits per heavy atom. The highest BCUT2D eigenvalue weighted by Gasteiger charge is 2.55. The summed E-state index contributed by atoms with van der Waals surface area (Å²) in [4.78, 5) is 0. The van der Waals surface area contributed by atoms with Crippen molar-refractivity contribution in [1.82, 2.24) is 0 Å². The van der Waals surface area contributed by atoms with Crippen LogP contribution >= 0.6 is 0 Å². The lowest BCUT2D eigenvalue weighted by molar-refractivity contribution is -0.0725. The predicted octanol–water partition coefficient (Wildman–Crippen LogP) is 16.5. The Kier molecular flexibility index (Phi) is 15.2. The third kappa shape index (κ3) is 8.80. The molecule has 63 heavy (non-hydrogen) atoms. The first-order valence-corrected chi connectivity index (χ1v) is 25.3. The van der Waals surface area contributed by atoms with Gasteiger partial charge in [0, 0.05) is 10.8 Å². The quantitative estimate of drug-likeness (QED) is 0.0905. The monoisotopic (exact) mass is 857 g/mol. The molecule has 2 aliphatic rings. The number of rotatable bonds is 16. The highest BCUT2D eigenvalue weighted by atomic mass is 16.3. The lowest BCUT2D eigenvalue weighted by Crippen LogP contribution is -2.51. The molecule has 2 aliphatic carbocycles. The van der Waals surface area contributed by atoms with E-state index in [-0.39, 0.29) is 39.9 Å². The number of phenolic OH excluding ortho intramolecular Hbond substituents is 4. The molecule has 0 radical (unpaired) electrons. The Morgan fingerprint density at radius 1 is 0.413 bits per heavy atom. The average molecular weight is 857 g/mol. The average Bonchev–Trinajstić information content (AvgIpc) is 3.29. The molecule has 0 aromatic heterocycles. The number of benzene rings is 4. The summed E-state index contributed by atoms with van der Waals surface area (Å²) in [6.07, 6.45) is 12.5. The number of hydrogen-bond acceptors (Lipinski definition) is 4. The first-order valence-electron chi connectivity index (χ1n) is 25.3. The molecule has 4 atom stereocenters. The van der Waals surface area contributed by atoms with E-state index >= 15 is 0 Å². The summed E-state index contributed by atoms with van der Waals surface area (Å²) < 4.78 is 0. The second-order valence-electron chi connectivity index (χ2n) is 21.4. The molecule has 4 N–H and O–H groups in total. The van der Waals surface area contributed by atoms with Crippen molar-refractivity contribution in [2.24, 2.45) is 29.1 Å². The van der Waals surface area contributed by atoms with E-state index in [1.54, 1.807) is 0 Å². The standard InChI is InChI=1S/C59H84O4/c1-13-39(9)49-33-45(17-21-53(49)60)57(46-18-22-54(61)50(34-46)40(10)14-2)29-25-43(26-30-57)59(37(5)6,38(7)8)44-27-31-58(32-28-44,47-19-23-55(62)51(35-47)41(11)15-3)48-20-24-56(63)52(36-48)42(12)16-4/h17-24,33-44,60-63H,13-16,25-32H2,1-12H3. The first-order chi connectivity index (χ1) is 29.9. The Morgan fingerprint density at radius 2 is 0.635 bits per heavy atom. The molecule has 6 rings (SSSR count). The van der Waals surface area contributed by atoms with Crippen molar-refractivity contribution in [1.29, 1.82) is 0 Å². The van der Waals surface area contributed by atoms with Crippen LogP contribution in [0.1, 0.15) is 228 Å². The lowest BCUT2D eigenvalue weighted by Gasteiger charge is -2.58. The Labute approximate surface area is 383 Å². The summed E-state index contributed by atoms with van der Waals surface area (Å²) >= 11 is 0. The third-order valence-electron chi connectivity index (χ3n) is 18.0. The maximum Gasteiger partial charge on any atom is 0.119 e. The Hall–Kier alpha value is -3.92. The van der Waals surface area contributed by atoms with Crippen molar-refractivity contribution in [3.05, 3.63) is 117 Å². The minimum Gasteiger partial charge on any atom is -0.508 e. The summed E-state index contributed by atoms with van der Waals surface area (Å²) in [5.74, 6) is 4.70. The molecular formula is C59H84O4. The van der Waals surface area contributed by atoms with Gasteiger partial charge >= 0.3 is 0 Å². The van der Waals surface area contributed by atoms with Crippen LogP contribution in [0.15, 0.2) is 72.8 Å². The van der Waals surface area contributed by atoms with Crippen molar-refractivity contribution >= 4 is 0 Å². The molecule has 4 aromatic rings. The Bertz CT molecular complexity index is 1870. The van der Waals surface area contributed by atoms with Crippen LogP contribution in [0.5, 0.6) is 23.0 Å². The van der Waals surface area contributed by atoms with Gasteiger partial charge in [-0.05, 0) is 199 Å². The zero-order valence-corrected chi connectivity index (χ0v) is 41.3. The van der Waals surface area contributed by atoms with Crippen molar-refractivity contribution in [2.75, 3.05) is 0 Å². The maximum absolute atomic E-state index is 11.1. The van der Waals surface area contributed by atoms with E-state index in [4.69, 9.17) is 0 Å². The fourth-order valence-electron chi connectivity index (χ4n) is 13.5. The molecule has 4 heteroatoms. The third-order valence-corrected chi connectivity index (χ3v) is 18.0. The molecule has 0 heterocycles. The molecular weight excluding hydrogens is 773 g/mol. The van der Waals surface area contributed by atoms with Crippen LogP contribution in [0.4, 0.5) is 0 Å². The van der Waals surface area contributed by atoms with Gasteiger partial charge in [0.1, 0.15) is 23.0 Å². The lowest BCUT2D eigenvalue weighted by atomic mass is 9.46. The molecule has 0 spiro atoms. The van der Waals surface area contributed by atoms with Gasteiger partial charge in [0.25, 0.3) is 0 Å². The normalized spacial score (nSPS) is 24.0. The molecule has 0 saturated heterocycles.